The third kappa shape index (κ3) is 3.06. The standard InChI is InChI=1S/C16H15NO5/c1-21-14-6-5-11(15(20)16(14)22-2)13(19)8-12(18)10-4-3-7-17-9-10/h3-7,9,20H,8H2,1-2H3. The topological polar surface area (TPSA) is 85.7 Å². The zero-order chi connectivity index (χ0) is 16.1. The summed E-state index contributed by atoms with van der Waals surface area (Å²) in [6.45, 7) is 0. The minimum atomic E-state index is -0.507. The summed E-state index contributed by atoms with van der Waals surface area (Å²) in [6.07, 6.45) is 2.57. The van der Waals surface area contributed by atoms with Crippen molar-refractivity contribution >= 4 is 11.6 Å². The van der Waals surface area contributed by atoms with Crippen LogP contribution in [0.5, 0.6) is 17.2 Å². The van der Waals surface area contributed by atoms with Gasteiger partial charge in [0.05, 0.1) is 26.2 Å². The summed E-state index contributed by atoms with van der Waals surface area (Å²) >= 11 is 0. The van der Waals surface area contributed by atoms with Crippen molar-refractivity contribution in [3.8, 4) is 17.2 Å². The molecular weight excluding hydrogens is 286 g/mol. The predicted octanol–water partition coefficient (Wildman–Crippen LogP) is 2.26. The van der Waals surface area contributed by atoms with Crippen molar-refractivity contribution in [3.05, 3.63) is 47.8 Å². The van der Waals surface area contributed by atoms with E-state index in [0.717, 1.165) is 0 Å². The van der Waals surface area contributed by atoms with E-state index in [2.05, 4.69) is 4.98 Å². The van der Waals surface area contributed by atoms with E-state index in [0.29, 0.717) is 11.3 Å². The van der Waals surface area contributed by atoms with E-state index in [1.165, 1.54) is 32.5 Å². The maximum absolute atomic E-state index is 12.2. The number of ether oxygens (including phenoxy) is 2. The van der Waals surface area contributed by atoms with Gasteiger partial charge in [0.1, 0.15) is 0 Å². The first-order chi connectivity index (χ1) is 10.6. The predicted molar refractivity (Wildman–Crippen MR) is 78.7 cm³/mol. The van der Waals surface area contributed by atoms with Gasteiger partial charge in [-0.05, 0) is 24.3 Å². The molecule has 0 aliphatic heterocycles. The van der Waals surface area contributed by atoms with Crippen molar-refractivity contribution in [1.82, 2.24) is 4.98 Å². The number of carbonyl (C=O) groups is 2. The van der Waals surface area contributed by atoms with Gasteiger partial charge >= 0.3 is 0 Å². The highest BCUT2D eigenvalue weighted by molar-refractivity contribution is 6.14. The molecule has 114 valence electrons. The average Bonchev–Trinajstić information content (AvgIpc) is 2.54. The van der Waals surface area contributed by atoms with Crippen LogP contribution >= 0.6 is 0 Å². The molecule has 0 saturated carbocycles. The molecule has 1 N–H and O–H groups in total. The number of aromatic hydroxyl groups is 1. The highest BCUT2D eigenvalue weighted by Crippen LogP contribution is 2.39. The van der Waals surface area contributed by atoms with E-state index < -0.39 is 5.78 Å². The molecule has 0 unspecified atom stereocenters. The molecular formula is C16H15NO5. The summed E-state index contributed by atoms with van der Waals surface area (Å²) in [6, 6.07) is 6.10. The number of phenols is 1. The Labute approximate surface area is 127 Å². The molecule has 0 spiro atoms. The fourth-order valence-corrected chi connectivity index (χ4v) is 2.01. The molecule has 0 aliphatic rings. The van der Waals surface area contributed by atoms with Gasteiger partial charge in [-0.15, -0.1) is 0 Å². The monoisotopic (exact) mass is 301 g/mol. The second-order valence-corrected chi connectivity index (χ2v) is 4.46. The number of hydrogen-bond donors (Lipinski definition) is 1. The first kappa shape index (κ1) is 15.5. The van der Waals surface area contributed by atoms with Crippen LogP contribution in [-0.4, -0.2) is 35.9 Å². The second-order valence-electron chi connectivity index (χ2n) is 4.46. The first-order valence-corrected chi connectivity index (χ1v) is 6.48. The van der Waals surface area contributed by atoms with Gasteiger partial charge in [-0.25, -0.2) is 0 Å². The Morgan fingerprint density at radius 3 is 2.50 bits per heavy atom. The third-order valence-electron chi connectivity index (χ3n) is 3.12. The van der Waals surface area contributed by atoms with E-state index in [-0.39, 0.29) is 29.3 Å². The zero-order valence-corrected chi connectivity index (χ0v) is 12.2. The maximum atomic E-state index is 12.2. The summed E-state index contributed by atoms with van der Waals surface area (Å²) in [4.78, 5) is 28.1. The lowest BCUT2D eigenvalue weighted by Crippen LogP contribution is -2.09. The minimum absolute atomic E-state index is 0.00916. The van der Waals surface area contributed by atoms with Crippen LogP contribution in [0, 0.1) is 0 Å². The van der Waals surface area contributed by atoms with E-state index in [4.69, 9.17) is 9.47 Å². The molecule has 0 atom stereocenters. The minimum Gasteiger partial charge on any atom is -0.504 e. The lowest BCUT2D eigenvalue weighted by molar-refractivity contribution is 0.0892. The summed E-state index contributed by atoms with van der Waals surface area (Å²) in [5, 5.41) is 10.1. The van der Waals surface area contributed by atoms with Gasteiger partial charge < -0.3 is 14.6 Å². The fourth-order valence-electron chi connectivity index (χ4n) is 2.01. The Morgan fingerprint density at radius 2 is 1.91 bits per heavy atom. The quantitative estimate of drug-likeness (QED) is 0.650. The summed E-state index contributed by atoms with van der Waals surface area (Å²) in [7, 11) is 2.78. The van der Waals surface area contributed by atoms with Gasteiger partial charge in [0.2, 0.25) is 5.75 Å². The van der Waals surface area contributed by atoms with Crippen molar-refractivity contribution in [2.75, 3.05) is 14.2 Å². The SMILES string of the molecule is COc1ccc(C(=O)CC(=O)c2cccnc2)c(O)c1OC. The highest BCUT2D eigenvalue weighted by atomic mass is 16.5. The maximum Gasteiger partial charge on any atom is 0.203 e. The summed E-state index contributed by atoms with van der Waals surface area (Å²) in [5.41, 5.74) is 0.353. The van der Waals surface area contributed by atoms with Gasteiger partial charge in [-0.2, -0.15) is 0 Å². The number of ketones is 2. The van der Waals surface area contributed by atoms with E-state index in [1.807, 2.05) is 0 Å². The van der Waals surface area contributed by atoms with E-state index in [9.17, 15) is 14.7 Å². The second kappa shape index (κ2) is 6.71. The molecule has 6 nitrogen and oxygen atoms in total. The molecule has 6 heteroatoms. The molecule has 0 bridgehead atoms. The molecule has 0 fully saturated rings. The van der Waals surface area contributed by atoms with Crippen molar-refractivity contribution in [3.63, 3.8) is 0 Å². The lowest BCUT2D eigenvalue weighted by atomic mass is 10.0. The van der Waals surface area contributed by atoms with Gasteiger partial charge in [0.15, 0.2) is 23.1 Å². The molecule has 1 aromatic heterocycles. The Kier molecular flexibility index (Phi) is 4.73. The van der Waals surface area contributed by atoms with E-state index in [1.54, 1.807) is 18.3 Å². The molecule has 1 heterocycles. The number of methoxy groups -OCH3 is 2. The first-order valence-electron chi connectivity index (χ1n) is 6.48. The largest absolute Gasteiger partial charge is 0.504 e. The normalized spacial score (nSPS) is 10.1. The number of nitrogens with zero attached hydrogens (tertiary/aromatic N) is 1. The van der Waals surface area contributed by atoms with Crippen LogP contribution in [0.3, 0.4) is 0 Å². The number of rotatable bonds is 6. The van der Waals surface area contributed by atoms with Gasteiger partial charge in [-0.3, -0.25) is 14.6 Å². The van der Waals surface area contributed by atoms with Crippen molar-refractivity contribution in [1.29, 1.82) is 0 Å². The van der Waals surface area contributed by atoms with E-state index >= 15 is 0 Å². The van der Waals surface area contributed by atoms with Crippen LogP contribution in [0.15, 0.2) is 36.7 Å². The number of carbonyl (C=O) groups excluding carboxylic acids is 2. The molecule has 0 aliphatic carbocycles. The Bertz CT molecular complexity index is 697. The van der Waals surface area contributed by atoms with Crippen LogP contribution < -0.4 is 9.47 Å². The zero-order valence-electron chi connectivity index (χ0n) is 12.2. The number of hydrogen-bond acceptors (Lipinski definition) is 6. The average molecular weight is 301 g/mol. The van der Waals surface area contributed by atoms with Crippen molar-refractivity contribution < 1.29 is 24.2 Å². The van der Waals surface area contributed by atoms with Gasteiger partial charge in [-0.1, -0.05) is 0 Å². The van der Waals surface area contributed by atoms with Crippen molar-refractivity contribution in [2.45, 2.75) is 6.42 Å². The fraction of sp³-hybridized carbons (Fsp3) is 0.188. The summed E-state index contributed by atoms with van der Waals surface area (Å²) < 4.78 is 10.1. The van der Waals surface area contributed by atoms with Crippen LogP contribution in [0.1, 0.15) is 27.1 Å². The van der Waals surface area contributed by atoms with Gasteiger partial charge in [0.25, 0.3) is 0 Å². The molecule has 2 aromatic rings. The Morgan fingerprint density at radius 1 is 1.14 bits per heavy atom. The van der Waals surface area contributed by atoms with Crippen LogP contribution in [-0.2, 0) is 0 Å². The van der Waals surface area contributed by atoms with Crippen molar-refractivity contribution in [2.24, 2.45) is 0 Å². The van der Waals surface area contributed by atoms with Crippen LogP contribution in [0.25, 0.3) is 0 Å². The van der Waals surface area contributed by atoms with Crippen LogP contribution in [0.2, 0.25) is 0 Å². The Balaban J connectivity index is 2.25. The molecule has 22 heavy (non-hydrogen) atoms. The number of benzene rings is 1. The number of aromatic nitrogens is 1. The number of pyridine rings is 1. The van der Waals surface area contributed by atoms with Gasteiger partial charge in [0, 0.05) is 18.0 Å². The Hall–Kier alpha value is -2.89. The molecule has 2 rings (SSSR count). The van der Waals surface area contributed by atoms with Crippen LogP contribution in [0.4, 0.5) is 0 Å². The number of Topliss-reactive ketones (excluding diaryl/α,β-unsaturated/α-hetero) is 2. The third-order valence-corrected chi connectivity index (χ3v) is 3.12. The molecule has 0 radical (unpaired) electrons. The molecule has 1 aromatic carbocycles. The summed E-state index contributed by atoms with van der Waals surface area (Å²) in [5.74, 6) is -0.859. The number of phenolic OH excluding ortho intramolecular Hbond substituents is 1. The molecule has 0 saturated heterocycles. The smallest absolute Gasteiger partial charge is 0.203 e. The highest BCUT2D eigenvalue weighted by Gasteiger charge is 2.21. The lowest BCUT2D eigenvalue weighted by Gasteiger charge is -2.12. The molecule has 0 amide bonds.